The Balaban J connectivity index is 2.03. The molecule has 0 saturated heterocycles. The highest BCUT2D eigenvalue weighted by Gasteiger charge is 2.16. The Morgan fingerprint density at radius 3 is 2.32 bits per heavy atom. The van der Waals surface area contributed by atoms with Gasteiger partial charge in [-0.1, -0.05) is 0 Å². The zero-order valence-corrected chi connectivity index (χ0v) is 12.3. The second-order valence-corrected chi connectivity index (χ2v) is 5.92. The van der Waals surface area contributed by atoms with Crippen LogP contribution in [0.2, 0.25) is 0 Å². The number of carbonyl (C=O) groups excluding carboxylic acids is 2. The average Bonchev–Trinajstić information content (AvgIpc) is 2.99. The Hall–Kier alpha value is -2.65. The van der Waals surface area contributed by atoms with Gasteiger partial charge in [-0.3, -0.25) is 15.0 Å². The minimum absolute atomic E-state index is 0.0243. The molecule has 8 nitrogen and oxygen atoms in total. The molecule has 0 atom stereocenters. The van der Waals surface area contributed by atoms with Gasteiger partial charge in [0, 0.05) is 12.6 Å². The van der Waals surface area contributed by atoms with Crippen LogP contribution < -0.4 is 15.6 Å². The normalized spacial score (nSPS) is 11.0. The lowest BCUT2D eigenvalue weighted by Crippen LogP contribution is -2.41. The topological polar surface area (TPSA) is 118 Å². The van der Waals surface area contributed by atoms with Crippen molar-refractivity contribution in [1.82, 2.24) is 10.3 Å². The monoisotopic (exact) mass is 323 g/mol. The first-order chi connectivity index (χ1) is 10.4. The van der Waals surface area contributed by atoms with Gasteiger partial charge in [-0.2, -0.15) is 0 Å². The number of hydrogen-bond acceptors (Lipinski definition) is 5. The molecule has 0 spiro atoms. The van der Waals surface area contributed by atoms with E-state index in [2.05, 4.69) is 5.32 Å². The highest BCUT2D eigenvalue weighted by molar-refractivity contribution is 7.89. The number of amides is 2. The quantitative estimate of drug-likeness (QED) is 0.705. The van der Waals surface area contributed by atoms with Crippen molar-refractivity contribution in [3.05, 3.63) is 48.4 Å². The van der Waals surface area contributed by atoms with Crippen molar-refractivity contribution in [2.24, 2.45) is 0 Å². The van der Waals surface area contributed by atoms with Gasteiger partial charge in [-0.05, 0) is 36.4 Å². The Morgan fingerprint density at radius 1 is 1.09 bits per heavy atom. The molecule has 0 aliphatic carbocycles. The van der Waals surface area contributed by atoms with E-state index >= 15 is 0 Å². The van der Waals surface area contributed by atoms with Crippen LogP contribution in [0.15, 0.2) is 52.0 Å². The van der Waals surface area contributed by atoms with E-state index in [4.69, 9.17) is 4.42 Å². The van der Waals surface area contributed by atoms with Crippen LogP contribution in [0, 0.1) is 0 Å². The lowest BCUT2D eigenvalue weighted by Gasteiger charge is -2.08. The predicted octanol–water partition coefficient (Wildman–Crippen LogP) is 0.861. The van der Waals surface area contributed by atoms with Gasteiger partial charge in [0.05, 0.1) is 11.2 Å². The Bertz CT molecular complexity index is 767. The van der Waals surface area contributed by atoms with Gasteiger partial charge in [0.25, 0.3) is 10.0 Å². The molecule has 0 aliphatic rings. The van der Waals surface area contributed by atoms with Crippen LogP contribution in [0.5, 0.6) is 0 Å². The molecule has 0 unspecified atom stereocenters. The van der Waals surface area contributed by atoms with Crippen molar-refractivity contribution in [3.63, 3.8) is 0 Å². The lowest BCUT2D eigenvalue weighted by atomic mass is 10.3. The molecule has 1 heterocycles. The number of hydrazine groups is 1. The van der Waals surface area contributed by atoms with Gasteiger partial charge < -0.3 is 9.73 Å². The number of benzene rings is 1. The number of carbonyl (C=O) groups is 2. The smallest absolute Gasteiger partial charge is 0.301 e. The van der Waals surface area contributed by atoms with Crippen molar-refractivity contribution in [2.75, 3.05) is 5.32 Å². The molecule has 3 N–H and O–H groups in total. The minimum atomic E-state index is -3.93. The van der Waals surface area contributed by atoms with Gasteiger partial charge in [-0.15, -0.1) is 4.83 Å². The zero-order chi connectivity index (χ0) is 16.2. The van der Waals surface area contributed by atoms with E-state index in [9.17, 15) is 18.0 Å². The molecule has 1 aromatic heterocycles. The third-order valence-corrected chi connectivity index (χ3v) is 3.79. The van der Waals surface area contributed by atoms with Gasteiger partial charge in [0.15, 0.2) is 5.76 Å². The van der Waals surface area contributed by atoms with Crippen molar-refractivity contribution in [2.45, 2.75) is 11.8 Å². The summed E-state index contributed by atoms with van der Waals surface area (Å²) in [6.07, 6.45) is 1.30. The largest absolute Gasteiger partial charge is 0.459 e. The minimum Gasteiger partial charge on any atom is -0.459 e. The average molecular weight is 323 g/mol. The fraction of sp³-hybridized carbons (Fsp3) is 0.0769. The summed E-state index contributed by atoms with van der Waals surface area (Å²) >= 11 is 0. The standard InChI is InChI=1S/C13H13N3O5S/c1-9(17)14-10-4-6-11(7-5-10)22(19,20)16-15-13(18)12-3-2-8-21-12/h2-8,16H,1H3,(H,14,17)(H,15,18). The van der Waals surface area contributed by atoms with Crippen molar-refractivity contribution < 1.29 is 22.4 Å². The first-order valence-corrected chi connectivity index (χ1v) is 7.60. The number of anilines is 1. The first-order valence-electron chi connectivity index (χ1n) is 6.12. The molecule has 0 bridgehead atoms. The molecule has 2 aromatic rings. The second-order valence-electron chi connectivity index (χ2n) is 4.24. The molecule has 0 aliphatic heterocycles. The third-order valence-electron chi connectivity index (χ3n) is 2.53. The van der Waals surface area contributed by atoms with Crippen LogP contribution in [0.25, 0.3) is 0 Å². The van der Waals surface area contributed by atoms with Crippen LogP contribution in [0.3, 0.4) is 0 Å². The number of nitrogens with one attached hydrogen (secondary N) is 3. The highest BCUT2D eigenvalue weighted by Crippen LogP contribution is 2.13. The predicted molar refractivity (Wildman–Crippen MR) is 77.2 cm³/mol. The fourth-order valence-corrected chi connectivity index (χ4v) is 2.40. The molecule has 2 rings (SSSR count). The molecule has 9 heteroatoms. The second kappa shape index (κ2) is 6.41. The summed E-state index contributed by atoms with van der Waals surface area (Å²) in [6, 6.07) is 8.37. The Labute approximate surface area is 126 Å². The summed E-state index contributed by atoms with van der Waals surface area (Å²) < 4.78 is 28.8. The lowest BCUT2D eigenvalue weighted by molar-refractivity contribution is -0.114. The maximum atomic E-state index is 12.0. The van der Waals surface area contributed by atoms with Crippen LogP contribution in [-0.2, 0) is 14.8 Å². The van der Waals surface area contributed by atoms with Gasteiger partial charge in [0.2, 0.25) is 5.91 Å². The summed E-state index contributed by atoms with van der Waals surface area (Å²) in [5.74, 6) is -1.01. The molecule has 0 saturated carbocycles. The number of sulfonamides is 1. The molecular formula is C13H13N3O5S. The van der Waals surface area contributed by atoms with E-state index in [1.54, 1.807) is 0 Å². The SMILES string of the molecule is CC(=O)Nc1ccc(S(=O)(=O)NNC(=O)c2ccco2)cc1. The van der Waals surface area contributed by atoms with Crippen LogP contribution >= 0.6 is 0 Å². The molecule has 0 radical (unpaired) electrons. The fourth-order valence-electron chi connectivity index (χ4n) is 1.56. The number of furan rings is 1. The van der Waals surface area contributed by atoms with Crippen LogP contribution in [0.1, 0.15) is 17.5 Å². The molecule has 116 valence electrons. The Morgan fingerprint density at radius 2 is 1.77 bits per heavy atom. The first kappa shape index (κ1) is 15.7. The van der Waals surface area contributed by atoms with E-state index in [1.807, 2.05) is 10.3 Å². The number of hydrogen-bond donors (Lipinski definition) is 3. The molecule has 2 amide bonds. The summed E-state index contributed by atoms with van der Waals surface area (Å²) in [6.45, 7) is 1.34. The van der Waals surface area contributed by atoms with Gasteiger partial charge in [0.1, 0.15) is 0 Å². The van der Waals surface area contributed by atoms with Crippen molar-refractivity contribution >= 4 is 27.5 Å². The summed E-state index contributed by atoms with van der Waals surface area (Å²) in [7, 11) is -3.93. The molecule has 22 heavy (non-hydrogen) atoms. The summed E-state index contributed by atoms with van der Waals surface area (Å²) in [5, 5.41) is 2.52. The van der Waals surface area contributed by atoms with E-state index < -0.39 is 15.9 Å². The maximum absolute atomic E-state index is 12.0. The molecular weight excluding hydrogens is 310 g/mol. The van der Waals surface area contributed by atoms with Crippen LogP contribution in [-0.4, -0.2) is 20.2 Å². The maximum Gasteiger partial charge on any atom is 0.301 e. The van der Waals surface area contributed by atoms with Crippen molar-refractivity contribution in [3.8, 4) is 0 Å². The van der Waals surface area contributed by atoms with Gasteiger partial charge >= 0.3 is 5.91 Å². The molecule has 0 fully saturated rings. The van der Waals surface area contributed by atoms with E-state index in [1.165, 1.54) is 49.6 Å². The highest BCUT2D eigenvalue weighted by atomic mass is 32.2. The van der Waals surface area contributed by atoms with Crippen molar-refractivity contribution in [1.29, 1.82) is 0 Å². The van der Waals surface area contributed by atoms with Crippen LogP contribution in [0.4, 0.5) is 5.69 Å². The van der Waals surface area contributed by atoms with Gasteiger partial charge in [-0.25, -0.2) is 8.42 Å². The number of rotatable bonds is 5. The Kier molecular flexibility index (Phi) is 4.59. The third kappa shape index (κ3) is 3.93. The summed E-state index contributed by atoms with van der Waals surface area (Å²) in [4.78, 5) is 24.3. The molecule has 1 aromatic carbocycles. The van der Waals surface area contributed by atoms with E-state index in [0.29, 0.717) is 5.69 Å². The summed E-state index contributed by atoms with van der Waals surface area (Å²) in [5.41, 5.74) is 2.49. The van der Waals surface area contributed by atoms with E-state index in [-0.39, 0.29) is 16.6 Å². The van der Waals surface area contributed by atoms with E-state index in [0.717, 1.165) is 0 Å². The zero-order valence-electron chi connectivity index (χ0n) is 11.5.